The highest BCUT2D eigenvalue weighted by molar-refractivity contribution is 6.51. The summed E-state index contributed by atoms with van der Waals surface area (Å²) in [6.07, 6.45) is 7.80. The Labute approximate surface area is 60.7 Å². The molecular formula is C8H10N2. The Kier molecular flexibility index (Phi) is 2.15. The van der Waals surface area contributed by atoms with Gasteiger partial charge >= 0.3 is 0 Å². The normalized spacial score (nSPS) is 24.6. The molecule has 10 heavy (non-hydrogen) atoms. The van der Waals surface area contributed by atoms with Gasteiger partial charge in [-0.3, -0.25) is 9.98 Å². The standard InChI is InChI=1S/C8H10N2/c1-9-7-5-3-4-6-8(7)10-2/h3-6H,1-2H3. The zero-order valence-corrected chi connectivity index (χ0v) is 6.20. The predicted molar refractivity (Wildman–Crippen MR) is 45.0 cm³/mol. The van der Waals surface area contributed by atoms with Crippen molar-refractivity contribution in [1.29, 1.82) is 0 Å². The molecule has 0 N–H and O–H groups in total. The van der Waals surface area contributed by atoms with E-state index in [1.807, 2.05) is 24.3 Å². The van der Waals surface area contributed by atoms with Crippen molar-refractivity contribution < 1.29 is 0 Å². The SMILES string of the molecule is CN=C1C=CC=CC1=NC. The second-order valence-electron chi connectivity index (χ2n) is 1.94. The number of rotatable bonds is 0. The molecule has 0 saturated heterocycles. The molecule has 0 aromatic carbocycles. The molecule has 1 aliphatic carbocycles. The van der Waals surface area contributed by atoms with Gasteiger partial charge in [-0.05, 0) is 12.2 Å². The molecule has 0 unspecified atom stereocenters. The van der Waals surface area contributed by atoms with Crippen LogP contribution >= 0.6 is 0 Å². The molecule has 0 saturated carbocycles. The third kappa shape index (κ3) is 1.21. The maximum absolute atomic E-state index is 4.05. The van der Waals surface area contributed by atoms with Gasteiger partial charge in [-0.2, -0.15) is 0 Å². The lowest BCUT2D eigenvalue weighted by atomic mass is 10.1. The van der Waals surface area contributed by atoms with E-state index >= 15 is 0 Å². The molecule has 0 aromatic heterocycles. The minimum absolute atomic E-state index is 0.949. The zero-order valence-electron chi connectivity index (χ0n) is 6.20. The van der Waals surface area contributed by atoms with E-state index in [0.29, 0.717) is 0 Å². The van der Waals surface area contributed by atoms with Crippen LogP contribution in [0.1, 0.15) is 0 Å². The van der Waals surface area contributed by atoms with E-state index in [-0.39, 0.29) is 0 Å². The van der Waals surface area contributed by atoms with Crippen LogP contribution in [0, 0.1) is 0 Å². The molecule has 2 nitrogen and oxygen atoms in total. The first-order valence-electron chi connectivity index (χ1n) is 3.17. The van der Waals surface area contributed by atoms with Gasteiger partial charge in [0, 0.05) is 14.1 Å². The summed E-state index contributed by atoms with van der Waals surface area (Å²) in [5.41, 5.74) is 1.90. The molecule has 2 heteroatoms. The molecular weight excluding hydrogens is 124 g/mol. The van der Waals surface area contributed by atoms with Crippen LogP contribution in [-0.4, -0.2) is 25.5 Å². The van der Waals surface area contributed by atoms with Crippen LogP contribution < -0.4 is 0 Å². The molecule has 0 aromatic rings. The van der Waals surface area contributed by atoms with Crippen LogP contribution in [0.2, 0.25) is 0 Å². The Morgan fingerprint density at radius 2 is 1.30 bits per heavy atom. The van der Waals surface area contributed by atoms with E-state index in [4.69, 9.17) is 0 Å². The first-order valence-corrected chi connectivity index (χ1v) is 3.17. The fourth-order valence-electron chi connectivity index (χ4n) is 0.842. The molecule has 0 amide bonds. The van der Waals surface area contributed by atoms with Crippen molar-refractivity contribution in [3.63, 3.8) is 0 Å². The second-order valence-corrected chi connectivity index (χ2v) is 1.94. The van der Waals surface area contributed by atoms with Crippen molar-refractivity contribution in [3.05, 3.63) is 24.3 Å². The number of nitrogens with zero attached hydrogens (tertiary/aromatic N) is 2. The zero-order chi connectivity index (χ0) is 7.40. The maximum atomic E-state index is 4.05. The van der Waals surface area contributed by atoms with Crippen LogP contribution in [0.4, 0.5) is 0 Å². The second kappa shape index (κ2) is 3.11. The van der Waals surface area contributed by atoms with E-state index in [2.05, 4.69) is 9.98 Å². The highest BCUT2D eigenvalue weighted by Crippen LogP contribution is 1.96. The van der Waals surface area contributed by atoms with Crippen molar-refractivity contribution in [2.24, 2.45) is 9.98 Å². The van der Waals surface area contributed by atoms with Crippen molar-refractivity contribution in [2.75, 3.05) is 14.1 Å². The summed E-state index contributed by atoms with van der Waals surface area (Å²) in [7, 11) is 3.54. The number of hydrogen-bond acceptors (Lipinski definition) is 2. The van der Waals surface area contributed by atoms with E-state index in [1.165, 1.54) is 0 Å². The molecule has 0 fully saturated rings. The van der Waals surface area contributed by atoms with E-state index < -0.39 is 0 Å². The third-order valence-corrected chi connectivity index (χ3v) is 1.36. The van der Waals surface area contributed by atoms with Gasteiger partial charge in [0.15, 0.2) is 0 Å². The summed E-state index contributed by atoms with van der Waals surface area (Å²) in [6.45, 7) is 0. The molecule has 0 atom stereocenters. The monoisotopic (exact) mass is 134 g/mol. The quantitative estimate of drug-likeness (QED) is 0.445. The average Bonchev–Trinajstić information content (AvgIpc) is 2.04. The van der Waals surface area contributed by atoms with Gasteiger partial charge < -0.3 is 0 Å². The topological polar surface area (TPSA) is 24.7 Å². The van der Waals surface area contributed by atoms with Gasteiger partial charge in [-0.15, -0.1) is 0 Å². The van der Waals surface area contributed by atoms with Crippen LogP contribution in [-0.2, 0) is 0 Å². The van der Waals surface area contributed by atoms with E-state index in [0.717, 1.165) is 11.4 Å². The molecule has 0 aliphatic heterocycles. The van der Waals surface area contributed by atoms with Gasteiger partial charge in [-0.25, -0.2) is 0 Å². The van der Waals surface area contributed by atoms with Crippen LogP contribution in [0.3, 0.4) is 0 Å². The lowest BCUT2D eigenvalue weighted by Crippen LogP contribution is -2.10. The van der Waals surface area contributed by atoms with Gasteiger partial charge in [0.25, 0.3) is 0 Å². The van der Waals surface area contributed by atoms with Gasteiger partial charge in [0.05, 0.1) is 11.4 Å². The van der Waals surface area contributed by atoms with Gasteiger partial charge in [0.1, 0.15) is 0 Å². The fraction of sp³-hybridized carbons (Fsp3) is 0.250. The van der Waals surface area contributed by atoms with E-state index in [1.54, 1.807) is 14.1 Å². The van der Waals surface area contributed by atoms with Crippen LogP contribution in [0.25, 0.3) is 0 Å². The van der Waals surface area contributed by atoms with Crippen LogP contribution in [0.15, 0.2) is 34.3 Å². The van der Waals surface area contributed by atoms with Gasteiger partial charge in [-0.1, -0.05) is 12.2 Å². The van der Waals surface area contributed by atoms with E-state index in [9.17, 15) is 0 Å². The minimum atomic E-state index is 0.949. The Morgan fingerprint density at radius 1 is 0.900 bits per heavy atom. The molecule has 0 radical (unpaired) electrons. The van der Waals surface area contributed by atoms with Crippen molar-refractivity contribution in [3.8, 4) is 0 Å². The Morgan fingerprint density at radius 3 is 1.60 bits per heavy atom. The minimum Gasteiger partial charge on any atom is -0.286 e. The third-order valence-electron chi connectivity index (χ3n) is 1.36. The predicted octanol–water partition coefficient (Wildman–Crippen LogP) is 1.25. The summed E-state index contributed by atoms with van der Waals surface area (Å²) in [5.74, 6) is 0. The molecule has 0 heterocycles. The smallest absolute Gasteiger partial charge is 0.0822 e. The summed E-state index contributed by atoms with van der Waals surface area (Å²) in [5, 5.41) is 0. The number of aliphatic imine (C=N–C) groups is 2. The summed E-state index contributed by atoms with van der Waals surface area (Å²) >= 11 is 0. The summed E-state index contributed by atoms with van der Waals surface area (Å²) in [6, 6.07) is 0. The van der Waals surface area contributed by atoms with Crippen molar-refractivity contribution in [2.45, 2.75) is 0 Å². The summed E-state index contributed by atoms with van der Waals surface area (Å²) < 4.78 is 0. The fourth-order valence-corrected chi connectivity index (χ4v) is 0.842. The summed E-state index contributed by atoms with van der Waals surface area (Å²) in [4.78, 5) is 8.10. The number of allylic oxidation sites excluding steroid dienone is 4. The van der Waals surface area contributed by atoms with Crippen molar-refractivity contribution in [1.82, 2.24) is 0 Å². The highest BCUT2D eigenvalue weighted by Gasteiger charge is 2.01. The molecule has 1 aliphatic rings. The number of hydrogen-bond donors (Lipinski definition) is 0. The lowest BCUT2D eigenvalue weighted by Gasteiger charge is -2.01. The van der Waals surface area contributed by atoms with Crippen LogP contribution in [0.5, 0.6) is 0 Å². The molecule has 52 valence electrons. The molecule has 1 rings (SSSR count). The molecule has 0 bridgehead atoms. The average molecular weight is 134 g/mol. The van der Waals surface area contributed by atoms with Crippen molar-refractivity contribution >= 4 is 11.4 Å². The van der Waals surface area contributed by atoms with Gasteiger partial charge in [0.2, 0.25) is 0 Å². The first kappa shape index (κ1) is 6.93. The molecule has 0 spiro atoms. The Balaban J connectivity index is 2.96. The largest absolute Gasteiger partial charge is 0.286 e. The highest BCUT2D eigenvalue weighted by atomic mass is 14.8. The first-order chi connectivity index (χ1) is 4.88. The Bertz CT molecular complexity index is 206. The maximum Gasteiger partial charge on any atom is 0.0822 e. The lowest BCUT2D eigenvalue weighted by molar-refractivity contribution is 1.42. The Hall–Kier alpha value is -1.18.